The van der Waals surface area contributed by atoms with Crippen LogP contribution in [-0.2, 0) is 9.53 Å². The number of hydrogen-bond acceptors (Lipinski definition) is 6. The van der Waals surface area contributed by atoms with Gasteiger partial charge >= 0.3 is 5.97 Å². The molecule has 5 nitrogen and oxygen atoms in total. The fourth-order valence-electron chi connectivity index (χ4n) is 1.40. The summed E-state index contributed by atoms with van der Waals surface area (Å²) in [7, 11) is 1.15. The Morgan fingerprint density at radius 1 is 1.41 bits per heavy atom. The van der Waals surface area contributed by atoms with Crippen molar-refractivity contribution < 1.29 is 19.7 Å². The molecule has 0 fully saturated rings. The van der Waals surface area contributed by atoms with Crippen molar-refractivity contribution in [3.8, 4) is 0 Å². The summed E-state index contributed by atoms with van der Waals surface area (Å²) in [6, 6.07) is 7.34. The Balaban J connectivity index is 2.30. The number of rotatable bonds is 3. The minimum Gasteiger partial charge on any atom is -0.467 e. The van der Waals surface area contributed by atoms with Crippen LogP contribution in [0.25, 0.3) is 10.2 Å². The van der Waals surface area contributed by atoms with Gasteiger partial charge in [-0.3, -0.25) is 0 Å². The molecule has 0 saturated heterocycles. The number of benzene rings is 1. The van der Waals surface area contributed by atoms with Crippen molar-refractivity contribution in [2.45, 2.75) is 12.2 Å². The van der Waals surface area contributed by atoms with Crippen LogP contribution >= 0.6 is 11.3 Å². The van der Waals surface area contributed by atoms with Crippen LogP contribution in [0.1, 0.15) is 11.1 Å². The lowest BCUT2D eigenvalue weighted by Gasteiger charge is -2.12. The molecule has 0 bridgehead atoms. The van der Waals surface area contributed by atoms with E-state index < -0.39 is 18.2 Å². The number of hydrogen-bond donors (Lipinski definition) is 2. The highest BCUT2D eigenvalue weighted by molar-refractivity contribution is 7.18. The Hall–Kier alpha value is -1.50. The van der Waals surface area contributed by atoms with Gasteiger partial charge < -0.3 is 14.9 Å². The van der Waals surface area contributed by atoms with Crippen LogP contribution < -0.4 is 0 Å². The SMILES string of the molecule is COC(=O)[C@H](O)[C@@H](O)c1nc2ccccc2s1. The molecule has 90 valence electrons. The number of aliphatic hydroxyl groups is 2. The van der Waals surface area contributed by atoms with E-state index in [1.165, 1.54) is 11.3 Å². The Labute approximate surface area is 101 Å². The van der Waals surface area contributed by atoms with Crippen molar-refractivity contribution in [3.63, 3.8) is 0 Å². The van der Waals surface area contributed by atoms with Crippen LogP contribution in [-0.4, -0.2) is 34.4 Å². The van der Waals surface area contributed by atoms with E-state index in [0.717, 1.165) is 17.3 Å². The first-order chi connectivity index (χ1) is 8.13. The Morgan fingerprint density at radius 3 is 2.76 bits per heavy atom. The number of esters is 1. The molecule has 0 spiro atoms. The maximum atomic E-state index is 11.1. The van der Waals surface area contributed by atoms with Crippen LogP contribution in [0.3, 0.4) is 0 Å². The number of aliphatic hydroxyl groups excluding tert-OH is 2. The van der Waals surface area contributed by atoms with Crippen molar-refractivity contribution >= 4 is 27.5 Å². The molecule has 0 aliphatic rings. The first-order valence-corrected chi connectivity index (χ1v) is 5.74. The fourth-order valence-corrected chi connectivity index (χ4v) is 2.39. The van der Waals surface area contributed by atoms with Crippen molar-refractivity contribution in [2.75, 3.05) is 7.11 Å². The molecule has 1 aromatic heterocycles. The second-order valence-corrected chi connectivity index (χ2v) is 4.49. The summed E-state index contributed by atoms with van der Waals surface area (Å²) in [4.78, 5) is 15.2. The molecule has 0 amide bonds. The predicted octanol–water partition coefficient (Wildman–Crippen LogP) is 0.864. The van der Waals surface area contributed by atoms with Crippen LogP contribution in [0, 0.1) is 0 Å². The van der Waals surface area contributed by atoms with E-state index in [1.54, 1.807) is 6.07 Å². The molecule has 1 aromatic carbocycles. The molecular formula is C11H11NO4S. The Bertz CT molecular complexity index is 506. The molecule has 2 N–H and O–H groups in total. The number of fused-ring (bicyclic) bond motifs is 1. The molecular weight excluding hydrogens is 242 g/mol. The fraction of sp³-hybridized carbons (Fsp3) is 0.273. The van der Waals surface area contributed by atoms with Gasteiger partial charge in [0, 0.05) is 0 Å². The largest absolute Gasteiger partial charge is 0.467 e. The first-order valence-electron chi connectivity index (χ1n) is 4.93. The molecule has 2 aromatic rings. The van der Waals surface area contributed by atoms with Crippen molar-refractivity contribution in [1.82, 2.24) is 4.98 Å². The molecule has 0 aliphatic carbocycles. The number of carbonyl (C=O) groups is 1. The lowest BCUT2D eigenvalue weighted by atomic mass is 10.2. The number of para-hydroxylation sites is 1. The number of nitrogens with zero attached hydrogens (tertiary/aromatic N) is 1. The van der Waals surface area contributed by atoms with E-state index in [0.29, 0.717) is 5.01 Å². The maximum absolute atomic E-state index is 11.1. The summed E-state index contributed by atoms with van der Waals surface area (Å²) in [6.45, 7) is 0. The van der Waals surface area contributed by atoms with Crippen LogP contribution in [0.2, 0.25) is 0 Å². The Morgan fingerprint density at radius 2 is 2.12 bits per heavy atom. The third kappa shape index (κ3) is 2.28. The second-order valence-electron chi connectivity index (χ2n) is 3.43. The van der Waals surface area contributed by atoms with Gasteiger partial charge in [0.15, 0.2) is 6.10 Å². The molecule has 0 saturated carbocycles. The minimum absolute atomic E-state index is 0.295. The topological polar surface area (TPSA) is 79.7 Å². The molecule has 0 unspecified atom stereocenters. The zero-order chi connectivity index (χ0) is 12.4. The van der Waals surface area contributed by atoms with Crippen LogP contribution in [0.5, 0.6) is 0 Å². The van der Waals surface area contributed by atoms with Gasteiger partial charge in [-0.2, -0.15) is 0 Å². The predicted molar refractivity (Wildman–Crippen MR) is 62.6 cm³/mol. The highest BCUT2D eigenvalue weighted by Gasteiger charge is 2.28. The standard InChI is InChI=1S/C11H11NO4S/c1-16-11(15)9(14)8(13)10-12-6-4-2-3-5-7(6)17-10/h2-5,8-9,13-14H,1H3/t8-,9-/m1/s1. The molecule has 2 atom stereocenters. The summed E-state index contributed by atoms with van der Waals surface area (Å²) >= 11 is 1.23. The average Bonchev–Trinajstić information content (AvgIpc) is 2.79. The minimum atomic E-state index is -1.61. The summed E-state index contributed by atoms with van der Waals surface area (Å²) < 4.78 is 5.24. The van der Waals surface area contributed by atoms with E-state index in [1.807, 2.05) is 18.2 Å². The molecule has 0 radical (unpaired) electrons. The number of methoxy groups -OCH3 is 1. The van der Waals surface area contributed by atoms with Gasteiger partial charge in [-0.1, -0.05) is 12.1 Å². The maximum Gasteiger partial charge on any atom is 0.337 e. The smallest absolute Gasteiger partial charge is 0.337 e. The lowest BCUT2D eigenvalue weighted by Crippen LogP contribution is -2.28. The number of thiazole rings is 1. The van der Waals surface area contributed by atoms with Gasteiger partial charge in [-0.25, -0.2) is 9.78 Å². The quantitative estimate of drug-likeness (QED) is 0.793. The zero-order valence-corrected chi connectivity index (χ0v) is 9.85. The van der Waals surface area contributed by atoms with Gasteiger partial charge in [-0.15, -0.1) is 11.3 Å². The van der Waals surface area contributed by atoms with Crippen molar-refractivity contribution in [1.29, 1.82) is 0 Å². The zero-order valence-electron chi connectivity index (χ0n) is 9.03. The number of aromatic nitrogens is 1. The van der Waals surface area contributed by atoms with Crippen LogP contribution in [0.4, 0.5) is 0 Å². The van der Waals surface area contributed by atoms with E-state index in [4.69, 9.17) is 0 Å². The average molecular weight is 253 g/mol. The summed E-state index contributed by atoms with van der Waals surface area (Å²) in [5.41, 5.74) is 0.726. The van der Waals surface area contributed by atoms with E-state index in [9.17, 15) is 15.0 Å². The van der Waals surface area contributed by atoms with Gasteiger partial charge in [-0.05, 0) is 12.1 Å². The van der Waals surface area contributed by atoms with Crippen molar-refractivity contribution in [3.05, 3.63) is 29.3 Å². The van der Waals surface area contributed by atoms with Gasteiger partial charge in [0.2, 0.25) is 0 Å². The molecule has 1 heterocycles. The van der Waals surface area contributed by atoms with Gasteiger partial charge in [0.05, 0.1) is 17.3 Å². The molecule has 17 heavy (non-hydrogen) atoms. The van der Waals surface area contributed by atoms with Crippen molar-refractivity contribution in [2.24, 2.45) is 0 Å². The van der Waals surface area contributed by atoms with E-state index >= 15 is 0 Å². The molecule has 2 rings (SSSR count). The summed E-state index contributed by atoms with van der Waals surface area (Å²) in [6.07, 6.45) is -2.97. The summed E-state index contributed by atoms with van der Waals surface area (Å²) in [5, 5.41) is 19.6. The van der Waals surface area contributed by atoms with Gasteiger partial charge in [0.25, 0.3) is 0 Å². The highest BCUT2D eigenvalue weighted by atomic mass is 32.1. The number of ether oxygens (including phenoxy) is 1. The normalized spacial score (nSPS) is 14.5. The third-order valence-electron chi connectivity index (χ3n) is 2.31. The molecule has 6 heteroatoms. The Kier molecular flexibility index (Phi) is 3.37. The van der Waals surface area contributed by atoms with E-state index in [-0.39, 0.29) is 0 Å². The molecule has 0 aliphatic heterocycles. The lowest BCUT2D eigenvalue weighted by molar-refractivity contribution is -0.156. The van der Waals surface area contributed by atoms with E-state index in [2.05, 4.69) is 9.72 Å². The third-order valence-corrected chi connectivity index (χ3v) is 3.41. The second kappa shape index (κ2) is 4.79. The number of carbonyl (C=O) groups excluding carboxylic acids is 1. The summed E-state index contributed by atoms with van der Waals surface area (Å²) in [5.74, 6) is -0.878. The highest BCUT2D eigenvalue weighted by Crippen LogP contribution is 2.28. The van der Waals surface area contributed by atoms with Gasteiger partial charge in [0.1, 0.15) is 11.1 Å². The first kappa shape index (κ1) is 12.0. The monoisotopic (exact) mass is 253 g/mol. The van der Waals surface area contributed by atoms with Crippen LogP contribution in [0.15, 0.2) is 24.3 Å².